The predicted molar refractivity (Wildman–Crippen MR) is 105 cm³/mol. The summed E-state index contributed by atoms with van der Waals surface area (Å²) in [5, 5.41) is 3.69. The Morgan fingerprint density at radius 3 is 2.64 bits per heavy atom. The van der Waals surface area contributed by atoms with Crippen molar-refractivity contribution in [3.63, 3.8) is 0 Å². The molecule has 1 amide bonds. The smallest absolute Gasteiger partial charge is 0.279 e. The molecule has 1 unspecified atom stereocenters. The molecule has 0 bridgehead atoms. The van der Waals surface area contributed by atoms with E-state index >= 15 is 0 Å². The quantitative estimate of drug-likeness (QED) is 0.520. The van der Waals surface area contributed by atoms with Crippen LogP contribution in [0.5, 0.6) is 5.75 Å². The summed E-state index contributed by atoms with van der Waals surface area (Å²) in [5.74, 6) is 0.839. The Hall–Kier alpha value is -1.69. The van der Waals surface area contributed by atoms with E-state index in [2.05, 4.69) is 5.32 Å². The van der Waals surface area contributed by atoms with Crippen molar-refractivity contribution in [3.05, 3.63) is 53.6 Å². The number of halogens is 1. The summed E-state index contributed by atoms with van der Waals surface area (Å²) >= 11 is 7.47. The largest absolute Gasteiger partial charge is 0.493 e. The SMILES string of the molecule is CSc1ccccc1NC(=O)C[NH+](C)CCCOc1ccc(Cl)cc1. The molecular weight excluding hydrogens is 356 g/mol. The van der Waals surface area contributed by atoms with Gasteiger partial charge in [0.15, 0.2) is 6.54 Å². The molecule has 0 aliphatic carbocycles. The fraction of sp³-hybridized carbons (Fsp3) is 0.316. The van der Waals surface area contributed by atoms with E-state index in [0.717, 1.165) is 34.2 Å². The zero-order valence-electron chi connectivity index (χ0n) is 14.5. The highest BCUT2D eigenvalue weighted by molar-refractivity contribution is 7.98. The van der Waals surface area contributed by atoms with Gasteiger partial charge in [-0.05, 0) is 42.7 Å². The molecule has 0 fully saturated rings. The van der Waals surface area contributed by atoms with E-state index in [-0.39, 0.29) is 5.91 Å². The summed E-state index contributed by atoms with van der Waals surface area (Å²) < 4.78 is 5.67. The van der Waals surface area contributed by atoms with Crippen LogP contribution in [0.25, 0.3) is 0 Å². The molecule has 0 aliphatic heterocycles. The normalized spacial score (nSPS) is 11.8. The Morgan fingerprint density at radius 1 is 1.20 bits per heavy atom. The molecule has 0 spiro atoms. The maximum atomic E-state index is 12.2. The lowest BCUT2D eigenvalue weighted by molar-refractivity contribution is -0.871. The first-order chi connectivity index (χ1) is 12.1. The number of rotatable bonds is 9. The second-order valence-corrected chi connectivity index (χ2v) is 7.07. The number of anilines is 1. The van der Waals surface area contributed by atoms with Gasteiger partial charge in [-0.3, -0.25) is 4.79 Å². The number of thioether (sulfide) groups is 1. The van der Waals surface area contributed by atoms with E-state index in [4.69, 9.17) is 16.3 Å². The summed E-state index contributed by atoms with van der Waals surface area (Å²) in [5.41, 5.74) is 0.874. The van der Waals surface area contributed by atoms with E-state index in [1.165, 1.54) is 0 Å². The van der Waals surface area contributed by atoms with Crippen LogP contribution in [0.4, 0.5) is 5.69 Å². The van der Waals surface area contributed by atoms with Crippen LogP contribution in [0.15, 0.2) is 53.4 Å². The van der Waals surface area contributed by atoms with Crippen molar-refractivity contribution in [2.75, 3.05) is 38.3 Å². The fourth-order valence-electron chi connectivity index (χ4n) is 2.40. The second-order valence-electron chi connectivity index (χ2n) is 5.79. The minimum absolute atomic E-state index is 0.0256. The average molecular weight is 380 g/mol. The molecule has 134 valence electrons. The van der Waals surface area contributed by atoms with Gasteiger partial charge in [-0.1, -0.05) is 23.7 Å². The number of likely N-dealkylation sites (N-methyl/N-ethyl adjacent to an activating group) is 1. The Bertz CT molecular complexity index is 679. The number of quaternary nitrogens is 1. The number of carbonyl (C=O) groups excluding carboxylic acids is 1. The number of amides is 1. The molecular formula is C19H24ClN2O2S+. The van der Waals surface area contributed by atoms with Gasteiger partial charge < -0.3 is 15.0 Å². The molecule has 4 nitrogen and oxygen atoms in total. The zero-order valence-corrected chi connectivity index (χ0v) is 16.1. The van der Waals surface area contributed by atoms with E-state index in [1.54, 1.807) is 11.8 Å². The number of para-hydroxylation sites is 1. The third-order valence-corrected chi connectivity index (χ3v) is 4.72. The van der Waals surface area contributed by atoms with Gasteiger partial charge in [0, 0.05) is 16.3 Å². The average Bonchev–Trinajstić information content (AvgIpc) is 2.60. The number of nitrogens with one attached hydrogen (secondary N) is 2. The maximum absolute atomic E-state index is 12.2. The van der Waals surface area contributed by atoms with Crippen LogP contribution in [0, 0.1) is 0 Å². The highest BCUT2D eigenvalue weighted by Crippen LogP contribution is 2.24. The lowest BCUT2D eigenvalue weighted by atomic mass is 10.3. The van der Waals surface area contributed by atoms with Crippen LogP contribution in [-0.2, 0) is 4.79 Å². The Balaban J connectivity index is 1.68. The van der Waals surface area contributed by atoms with Crippen molar-refractivity contribution in [2.45, 2.75) is 11.3 Å². The lowest BCUT2D eigenvalue weighted by Gasteiger charge is -2.15. The molecule has 2 rings (SSSR count). The third-order valence-electron chi connectivity index (χ3n) is 3.67. The first-order valence-electron chi connectivity index (χ1n) is 8.21. The summed E-state index contributed by atoms with van der Waals surface area (Å²) in [6, 6.07) is 15.2. The van der Waals surface area contributed by atoms with E-state index in [9.17, 15) is 4.79 Å². The van der Waals surface area contributed by atoms with Crippen molar-refractivity contribution < 1.29 is 14.4 Å². The van der Waals surface area contributed by atoms with E-state index < -0.39 is 0 Å². The lowest BCUT2D eigenvalue weighted by Crippen LogP contribution is -3.10. The van der Waals surface area contributed by atoms with Crippen LogP contribution < -0.4 is 15.0 Å². The summed E-state index contributed by atoms with van der Waals surface area (Å²) in [6.07, 6.45) is 2.88. The standard InChI is InChI=1S/C19H23ClN2O2S/c1-22(12-5-13-24-16-10-8-15(20)9-11-16)14-19(23)21-17-6-3-4-7-18(17)25-2/h3-4,6-11H,5,12-14H2,1-2H3,(H,21,23)/p+1. The molecule has 2 aromatic carbocycles. The van der Waals surface area contributed by atoms with Crippen molar-refractivity contribution >= 4 is 35.0 Å². The molecule has 2 aromatic rings. The minimum atomic E-state index is 0.0256. The van der Waals surface area contributed by atoms with Crippen LogP contribution in [0.1, 0.15) is 6.42 Å². The van der Waals surface area contributed by atoms with Gasteiger partial charge in [0.2, 0.25) is 0 Å². The number of carbonyl (C=O) groups is 1. The number of ether oxygens (including phenoxy) is 1. The Kier molecular flexibility index (Phi) is 8.12. The van der Waals surface area contributed by atoms with Crippen molar-refractivity contribution in [3.8, 4) is 5.75 Å². The number of hydrogen-bond donors (Lipinski definition) is 2. The summed E-state index contributed by atoms with van der Waals surface area (Å²) in [4.78, 5) is 14.4. The summed E-state index contributed by atoms with van der Waals surface area (Å²) in [6.45, 7) is 1.92. The van der Waals surface area contributed by atoms with Crippen LogP contribution in [0.2, 0.25) is 5.02 Å². The predicted octanol–water partition coefficient (Wildman–Crippen LogP) is 2.98. The van der Waals surface area contributed by atoms with Crippen molar-refractivity contribution in [2.24, 2.45) is 0 Å². The second kappa shape index (κ2) is 10.3. The maximum Gasteiger partial charge on any atom is 0.279 e. The molecule has 1 atom stereocenters. The molecule has 25 heavy (non-hydrogen) atoms. The monoisotopic (exact) mass is 379 g/mol. The zero-order chi connectivity index (χ0) is 18.1. The third kappa shape index (κ3) is 6.98. The first-order valence-corrected chi connectivity index (χ1v) is 9.81. The van der Waals surface area contributed by atoms with Crippen LogP contribution >= 0.6 is 23.4 Å². The fourth-order valence-corrected chi connectivity index (χ4v) is 3.08. The number of hydrogen-bond acceptors (Lipinski definition) is 3. The minimum Gasteiger partial charge on any atom is -0.493 e. The Morgan fingerprint density at radius 2 is 1.92 bits per heavy atom. The molecule has 6 heteroatoms. The van der Waals surface area contributed by atoms with Crippen LogP contribution in [0.3, 0.4) is 0 Å². The molecule has 2 N–H and O–H groups in total. The van der Waals surface area contributed by atoms with Gasteiger partial charge in [0.1, 0.15) is 5.75 Å². The highest BCUT2D eigenvalue weighted by Gasteiger charge is 2.11. The van der Waals surface area contributed by atoms with E-state index in [0.29, 0.717) is 18.2 Å². The van der Waals surface area contributed by atoms with Crippen molar-refractivity contribution in [1.82, 2.24) is 0 Å². The molecule has 0 radical (unpaired) electrons. The van der Waals surface area contributed by atoms with Gasteiger partial charge in [-0.25, -0.2) is 0 Å². The van der Waals surface area contributed by atoms with Crippen molar-refractivity contribution in [1.29, 1.82) is 0 Å². The Labute approximate surface area is 158 Å². The van der Waals surface area contributed by atoms with Gasteiger partial charge in [0.25, 0.3) is 5.91 Å². The van der Waals surface area contributed by atoms with Gasteiger partial charge in [0.05, 0.1) is 25.9 Å². The highest BCUT2D eigenvalue weighted by atomic mass is 35.5. The molecule has 0 saturated heterocycles. The topological polar surface area (TPSA) is 42.8 Å². The van der Waals surface area contributed by atoms with Gasteiger partial charge in [-0.2, -0.15) is 0 Å². The molecule has 0 heterocycles. The van der Waals surface area contributed by atoms with E-state index in [1.807, 2.05) is 61.8 Å². The number of benzene rings is 2. The van der Waals surface area contributed by atoms with Gasteiger partial charge in [-0.15, -0.1) is 11.8 Å². The molecule has 0 aromatic heterocycles. The van der Waals surface area contributed by atoms with Crippen LogP contribution in [-0.4, -0.2) is 38.9 Å². The van der Waals surface area contributed by atoms with Gasteiger partial charge >= 0.3 is 0 Å². The summed E-state index contributed by atoms with van der Waals surface area (Å²) in [7, 11) is 2.02. The first kappa shape index (κ1) is 19.6. The molecule has 0 saturated carbocycles. The molecule has 0 aliphatic rings.